The molecule has 0 spiro atoms. The first-order valence-electron chi connectivity index (χ1n) is 8.47. The van der Waals surface area contributed by atoms with Crippen molar-refractivity contribution in [2.75, 3.05) is 13.1 Å². The molecule has 0 saturated heterocycles. The lowest BCUT2D eigenvalue weighted by atomic mass is 10.2. The lowest BCUT2D eigenvalue weighted by Crippen LogP contribution is -2.37. The van der Waals surface area contributed by atoms with E-state index in [9.17, 15) is 9.59 Å². The summed E-state index contributed by atoms with van der Waals surface area (Å²) in [5.41, 5.74) is 1.27. The monoisotopic (exact) mass is 339 g/mol. The van der Waals surface area contributed by atoms with Crippen molar-refractivity contribution in [2.45, 2.75) is 31.7 Å². The molecule has 2 amide bonds. The summed E-state index contributed by atoms with van der Waals surface area (Å²) < 4.78 is 0. The zero-order valence-corrected chi connectivity index (χ0v) is 14.0. The summed E-state index contributed by atoms with van der Waals surface area (Å²) in [6.07, 6.45) is 9.17. The fourth-order valence-electron chi connectivity index (χ4n) is 2.58. The molecule has 130 valence electrons. The third-order valence-electron chi connectivity index (χ3n) is 4.04. The predicted molar refractivity (Wildman–Crippen MR) is 91.7 cm³/mol. The summed E-state index contributed by atoms with van der Waals surface area (Å²) >= 11 is 0. The molecule has 0 aliphatic heterocycles. The van der Waals surface area contributed by atoms with Gasteiger partial charge in [-0.15, -0.1) is 0 Å². The molecule has 0 atom stereocenters. The van der Waals surface area contributed by atoms with Crippen molar-refractivity contribution in [3.63, 3.8) is 0 Å². The highest BCUT2D eigenvalue weighted by Crippen LogP contribution is 2.28. The Morgan fingerprint density at radius 3 is 2.72 bits per heavy atom. The molecule has 0 radical (unpaired) electrons. The summed E-state index contributed by atoms with van der Waals surface area (Å²) in [5.74, 6) is -0.217. The van der Waals surface area contributed by atoms with Gasteiger partial charge in [-0.05, 0) is 25.0 Å². The second kappa shape index (κ2) is 8.32. The van der Waals surface area contributed by atoms with Gasteiger partial charge in [-0.3, -0.25) is 19.6 Å². The largest absolute Gasteiger partial charge is 0.356 e. The Morgan fingerprint density at radius 2 is 2.04 bits per heavy atom. The van der Waals surface area contributed by atoms with Crippen molar-refractivity contribution in [3.05, 3.63) is 54.4 Å². The Labute approximate surface area is 146 Å². The van der Waals surface area contributed by atoms with E-state index in [1.807, 2.05) is 18.2 Å². The Kier molecular flexibility index (Phi) is 5.66. The van der Waals surface area contributed by atoms with Crippen LogP contribution in [0.3, 0.4) is 0 Å². The molecule has 0 bridgehead atoms. The predicted octanol–water partition coefficient (Wildman–Crippen LogP) is 1.23. The molecule has 25 heavy (non-hydrogen) atoms. The minimum Gasteiger partial charge on any atom is -0.356 e. The van der Waals surface area contributed by atoms with E-state index in [2.05, 4.69) is 20.3 Å². The van der Waals surface area contributed by atoms with Gasteiger partial charge >= 0.3 is 0 Å². The average Bonchev–Trinajstić information content (AvgIpc) is 3.48. The number of aromatic nitrogens is 3. The van der Waals surface area contributed by atoms with Crippen LogP contribution >= 0.6 is 0 Å². The number of carbonyl (C=O) groups excluding carboxylic acids is 2. The van der Waals surface area contributed by atoms with Crippen LogP contribution in [0.1, 0.15) is 35.4 Å². The smallest absolute Gasteiger partial charge is 0.274 e. The SMILES string of the molecule is O=C(CCN(C(=O)c1cnccn1)C1CC1)NCCc1ccccn1. The number of hydrogen-bond acceptors (Lipinski definition) is 5. The molecule has 2 aromatic rings. The van der Waals surface area contributed by atoms with Crippen LogP contribution < -0.4 is 5.32 Å². The second-order valence-corrected chi connectivity index (χ2v) is 5.99. The maximum atomic E-state index is 12.5. The van der Waals surface area contributed by atoms with Crippen molar-refractivity contribution in [1.82, 2.24) is 25.2 Å². The van der Waals surface area contributed by atoms with Crippen molar-refractivity contribution in [1.29, 1.82) is 0 Å². The van der Waals surface area contributed by atoms with Gasteiger partial charge in [0, 0.05) is 56.3 Å². The van der Waals surface area contributed by atoms with Gasteiger partial charge in [0.1, 0.15) is 5.69 Å². The molecule has 2 heterocycles. The number of rotatable bonds is 8. The van der Waals surface area contributed by atoms with Gasteiger partial charge in [-0.2, -0.15) is 0 Å². The molecule has 0 aromatic carbocycles. The van der Waals surface area contributed by atoms with E-state index in [0.29, 0.717) is 25.2 Å². The topological polar surface area (TPSA) is 88.1 Å². The fourth-order valence-corrected chi connectivity index (χ4v) is 2.58. The van der Waals surface area contributed by atoms with Gasteiger partial charge < -0.3 is 10.2 Å². The molecule has 7 heteroatoms. The lowest BCUT2D eigenvalue weighted by molar-refractivity contribution is -0.121. The lowest BCUT2D eigenvalue weighted by Gasteiger charge is -2.21. The third kappa shape index (κ3) is 5.07. The normalized spacial score (nSPS) is 13.3. The van der Waals surface area contributed by atoms with E-state index in [1.54, 1.807) is 11.1 Å². The summed E-state index contributed by atoms with van der Waals surface area (Å²) in [6.45, 7) is 0.937. The number of pyridine rings is 1. The molecular formula is C18H21N5O2. The van der Waals surface area contributed by atoms with E-state index in [-0.39, 0.29) is 24.3 Å². The Bertz CT molecular complexity index is 704. The molecule has 1 saturated carbocycles. The van der Waals surface area contributed by atoms with Crippen LogP contribution in [0, 0.1) is 0 Å². The minimum atomic E-state index is -0.156. The van der Waals surface area contributed by atoms with Crippen LogP contribution in [0.2, 0.25) is 0 Å². The highest BCUT2D eigenvalue weighted by molar-refractivity contribution is 5.92. The van der Waals surface area contributed by atoms with Gasteiger partial charge in [0.2, 0.25) is 5.91 Å². The average molecular weight is 339 g/mol. The van der Waals surface area contributed by atoms with Gasteiger partial charge in [0.15, 0.2) is 0 Å². The van der Waals surface area contributed by atoms with Crippen LogP contribution in [0.25, 0.3) is 0 Å². The van der Waals surface area contributed by atoms with Crippen LogP contribution in [-0.2, 0) is 11.2 Å². The number of hydrogen-bond donors (Lipinski definition) is 1. The number of amides is 2. The molecule has 1 N–H and O–H groups in total. The molecule has 1 aliphatic rings. The summed E-state index contributed by atoms with van der Waals surface area (Å²) in [4.78, 5) is 38.5. The Balaban J connectivity index is 1.45. The maximum absolute atomic E-state index is 12.5. The first-order valence-corrected chi connectivity index (χ1v) is 8.47. The van der Waals surface area contributed by atoms with Crippen molar-refractivity contribution >= 4 is 11.8 Å². The summed E-state index contributed by atoms with van der Waals surface area (Å²) in [5, 5.41) is 2.88. The number of carbonyl (C=O) groups is 2. The minimum absolute atomic E-state index is 0.0615. The molecule has 0 unspecified atom stereocenters. The molecule has 1 aliphatic carbocycles. The van der Waals surface area contributed by atoms with Gasteiger partial charge in [0.25, 0.3) is 5.91 Å². The quantitative estimate of drug-likeness (QED) is 0.781. The first-order chi connectivity index (χ1) is 12.2. The van der Waals surface area contributed by atoms with Gasteiger partial charge in [-0.1, -0.05) is 6.07 Å². The van der Waals surface area contributed by atoms with Crippen LogP contribution in [-0.4, -0.2) is 50.8 Å². The molecule has 3 rings (SSSR count). The highest BCUT2D eigenvalue weighted by Gasteiger charge is 2.33. The maximum Gasteiger partial charge on any atom is 0.274 e. The van der Waals surface area contributed by atoms with Crippen molar-refractivity contribution < 1.29 is 9.59 Å². The van der Waals surface area contributed by atoms with Crippen molar-refractivity contribution in [2.24, 2.45) is 0 Å². The fraction of sp³-hybridized carbons (Fsp3) is 0.389. The summed E-state index contributed by atoms with van der Waals surface area (Å²) in [7, 11) is 0. The van der Waals surface area contributed by atoms with E-state index >= 15 is 0 Å². The molecule has 7 nitrogen and oxygen atoms in total. The third-order valence-corrected chi connectivity index (χ3v) is 4.04. The molecular weight excluding hydrogens is 318 g/mol. The Hall–Kier alpha value is -2.83. The van der Waals surface area contributed by atoms with Gasteiger partial charge in [0.05, 0.1) is 6.20 Å². The zero-order chi connectivity index (χ0) is 17.5. The number of nitrogens with zero attached hydrogens (tertiary/aromatic N) is 4. The number of nitrogens with one attached hydrogen (secondary N) is 1. The second-order valence-electron chi connectivity index (χ2n) is 5.99. The molecule has 1 fully saturated rings. The van der Waals surface area contributed by atoms with Crippen LogP contribution in [0.4, 0.5) is 0 Å². The standard InChI is InChI=1S/C18H21N5O2/c24-17(22-9-6-14-3-1-2-8-20-14)7-12-23(15-4-5-15)18(25)16-13-19-10-11-21-16/h1-3,8,10-11,13,15H,4-7,9,12H2,(H,22,24). The van der Waals surface area contributed by atoms with E-state index in [4.69, 9.17) is 0 Å². The van der Waals surface area contributed by atoms with E-state index in [1.165, 1.54) is 18.6 Å². The van der Waals surface area contributed by atoms with E-state index < -0.39 is 0 Å². The highest BCUT2D eigenvalue weighted by atomic mass is 16.2. The van der Waals surface area contributed by atoms with Crippen LogP contribution in [0.15, 0.2) is 43.0 Å². The Morgan fingerprint density at radius 1 is 1.16 bits per heavy atom. The first kappa shape index (κ1) is 17.0. The van der Waals surface area contributed by atoms with Crippen LogP contribution in [0.5, 0.6) is 0 Å². The van der Waals surface area contributed by atoms with Gasteiger partial charge in [-0.25, -0.2) is 4.98 Å². The zero-order valence-electron chi connectivity index (χ0n) is 14.0. The molecule has 2 aromatic heterocycles. The van der Waals surface area contributed by atoms with E-state index in [0.717, 1.165) is 18.5 Å². The van der Waals surface area contributed by atoms with Crippen molar-refractivity contribution in [3.8, 4) is 0 Å². The summed E-state index contributed by atoms with van der Waals surface area (Å²) in [6, 6.07) is 5.94.